The standard InChI is InChI=1S/C16H22F2N2O4/c17-13-1-2-14(23-9-11-7-19-3-5-21-11)15(18)16(13)24-10-12-8-20-4-6-22-12/h1-2,11-12,19-20H,3-10H2/t11-,12-/m0/s1. The van der Waals surface area contributed by atoms with Crippen LogP contribution in [0.1, 0.15) is 0 Å². The van der Waals surface area contributed by atoms with Crippen molar-refractivity contribution in [2.24, 2.45) is 0 Å². The summed E-state index contributed by atoms with van der Waals surface area (Å²) in [4.78, 5) is 0. The summed E-state index contributed by atoms with van der Waals surface area (Å²) in [6.45, 7) is 4.17. The van der Waals surface area contributed by atoms with Crippen molar-refractivity contribution in [3.8, 4) is 11.5 Å². The first-order valence-corrected chi connectivity index (χ1v) is 8.12. The molecular weight excluding hydrogens is 322 g/mol. The molecule has 134 valence electrons. The Bertz CT molecular complexity index is 535. The number of nitrogens with one attached hydrogen (secondary N) is 2. The van der Waals surface area contributed by atoms with Gasteiger partial charge >= 0.3 is 0 Å². The highest BCUT2D eigenvalue weighted by Crippen LogP contribution is 2.30. The molecule has 1 aromatic carbocycles. The molecule has 2 aliphatic heterocycles. The number of hydrogen-bond acceptors (Lipinski definition) is 6. The lowest BCUT2D eigenvalue weighted by Crippen LogP contribution is -2.42. The molecule has 2 saturated heterocycles. The van der Waals surface area contributed by atoms with Gasteiger partial charge in [0.05, 0.1) is 13.2 Å². The third kappa shape index (κ3) is 4.54. The molecule has 2 aliphatic rings. The Morgan fingerprint density at radius 1 is 0.958 bits per heavy atom. The van der Waals surface area contributed by atoms with Gasteiger partial charge in [-0.1, -0.05) is 0 Å². The van der Waals surface area contributed by atoms with E-state index in [-0.39, 0.29) is 31.2 Å². The Morgan fingerprint density at radius 3 is 2.17 bits per heavy atom. The summed E-state index contributed by atoms with van der Waals surface area (Å²) in [6, 6.07) is 2.39. The number of hydrogen-bond donors (Lipinski definition) is 2. The highest BCUT2D eigenvalue weighted by Gasteiger charge is 2.21. The molecule has 2 atom stereocenters. The van der Waals surface area contributed by atoms with Crippen LogP contribution in [0.4, 0.5) is 8.78 Å². The minimum absolute atomic E-state index is 0.0525. The van der Waals surface area contributed by atoms with E-state index in [4.69, 9.17) is 18.9 Å². The molecule has 24 heavy (non-hydrogen) atoms. The summed E-state index contributed by atoms with van der Waals surface area (Å²) in [5, 5.41) is 6.29. The Hall–Kier alpha value is -1.48. The molecule has 0 spiro atoms. The van der Waals surface area contributed by atoms with E-state index in [9.17, 15) is 8.78 Å². The van der Waals surface area contributed by atoms with Crippen LogP contribution in [-0.4, -0.2) is 64.8 Å². The van der Waals surface area contributed by atoms with E-state index >= 15 is 0 Å². The number of rotatable bonds is 6. The number of morpholine rings is 2. The van der Waals surface area contributed by atoms with Crippen LogP contribution in [0.15, 0.2) is 12.1 Å². The van der Waals surface area contributed by atoms with Crippen molar-refractivity contribution < 1.29 is 27.7 Å². The van der Waals surface area contributed by atoms with Gasteiger partial charge in [0.15, 0.2) is 17.3 Å². The van der Waals surface area contributed by atoms with Crippen LogP contribution in [0.2, 0.25) is 0 Å². The number of benzene rings is 1. The van der Waals surface area contributed by atoms with Crippen LogP contribution < -0.4 is 20.1 Å². The summed E-state index contributed by atoms with van der Waals surface area (Å²) in [5.74, 6) is -2.10. The molecule has 2 fully saturated rings. The van der Waals surface area contributed by atoms with Crippen LogP contribution >= 0.6 is 0 Å². The molecule has 3 rings (SSSR count). The van der Waals surface area contributed by atoms with Gasteiger partial charge in [0.2, 0.25) is 5.82 Å². The van der Waals surface area contributed by atoms with E-state index < -0.39 is 17.4 Å². The molecule has 0 aromatic heterocycles. The maximum absolute atomic E-state index is 14.4. The van der Waals surface area contributed by atoms with E-state index in [0.717, 1.165) is 19.2 Å². The van der Waals surface area contributed by atoms with Crippen molar-refractivity contribution in [3.63, 3.8) is 0 Å². The smallest absolute Gasteiger partial charge is 0.209 e. The van der Waals surface area contributed by atoms with Crippen LogP contribution in [-0.2, 0) is 9.47 Å². The van der Waals surface area contributed by atoms with Gasteiger partial charge in [0, 0.05) is 26.2 Å². The fraction of sp³-hybridized carbons (Fsp3) is 0.625. The summed E-state index contributed by atoms with van der Waals surface area (Å²) in [7, 11) is 0. The van der Waals surface area contributed by atoms with Gasteiger partial charge in [-0.25, -0.2) is 4.39 Å². The van der Waals surface area contributed by atoms with E-state index in [1.807, 2.05) is 0 Å². The average molecular weight is 344 g/mol. The lowest BCUT2D eigenvalue weighted by atomic mass is 10.2. The summed E-state index contributed by atoms with van der Waals surface area (Å²) in [6.07, 6.45) is -0.391. The Balaban J connectivity index is 1.58. The van der Waals surface area contributed by atoms with Crippen LogP contribution in [0.25, 0.3) is 0 Å². The van der Waals surface area contributed by atoms with Crippen molar-refractivity contribution >= 4 is 0 Å². The van der Waals surface area contributed by atoms with Crippen LogP contribution in [0.5, 0.6) is 11.5 Å². The molecular formula is C16H22F2N2O4. The highest BCUT2D eigenvalue weighted by molar-refractivity contribution is 5.37. The second-order valence-corrected chi connectivity index (χ2v) is 5.70. The Morgan fingerprint density at radius 2 is 1.58 bits per heavy atom. The van der Waals surface area contributed by atoms with Gasteiger partial charge in [-0.15, -0.1) is 0 Å². The third-order valence-corrected chi connectivity index (χ3v) is 3.86. The van der Waals surface area contributed by atoms with Gasteiger partial charge in [-0.05, 0) is 12.1 Å². The largest absolute Gasteiger partial charge is 0.488 e. The maximum Gasteiger partial charge on any atom is 0.209 e. The first-order valence-electron chi connectivity index (χ1n) is 8.12. The zero-order valence-electron chi connectivity index (χ0n) is 13.4. The molecule has 0 saturated carbocycles. The maximum atomic E-state index is 14.4. The molecule has 0 radical (unpaired) electrons. The van der Waals surface area contributed by atoms with Crippen LogP contribution in [0, 0.1) is 11.6 Å². The van der Waals surface area contributed by atoms with E-state index in [0.29, 0.717) is 26.3 Å². The minimum atomic E-state index is -0.845. The second-order valence-electron chi connectivity index (χ2n) is 5.70. The van der Waals surface area contributed by atoms with Gasteiger partial charge in [-0.3, -0.25) is 0 Å². The van der Waals surface area contributed by atoms with E-state index in [1.54, 1.807) is 0 Å². The predicted molar refractivity (Wildman–Crippen MR) is 82.6 cm³/mol. The summed E-state index contributed by atoms with van der Waals surface area (Å²) >= 11 is 0. The van der Waals surface area contributed by atoms with E-state index in [1.165, 1.54) is 6.07 Å². The monoisotopic (exact) mass is 344 g/mol. The SMILES string of the molecule is Fc1ccc(OC[C@@H]2CNCCO2)c(F)c1OC[C@@H]1CNCCO1. The minimum Gasteiger partial charge on any atom is -0.488 e. The van der Waals surface area contributed by atoms with Crippen molar-refractivity contribution in [2.75, 3.05) is 52.6 Å². The molecule has 2 heterocycles. The third-order valence-electron chi connectivity index (χ3n) is 3.86. The summed E-state index contributed by atoms with van der Waals surface area (Å²) in [5.41, 5.74) is 0. The Kier molecular flexibility index (Phi) is 6.19. The van der Waals surface area contributed by atoms with Gasteiger partial charge in [-0.2, -0.15) is 4.39 Å². The van der Waals surface area contributed by atoms with Crippen molar-refractivity contribution in [3.05, 3.63) is 23.8 Å². The van der Waals surface area contributed by atoms with Gasteiger partial charge in [0.25, 0.3) is 0 Å². The molecule has 8 heteroatoms. The average Bonchev–Trinajstić information content (AvgIpc) is 2.63. The fourth-order valence-electron chi connectivity index (χ4n) is 2.57. The first kappa shape index (κ1) is 17.3. The van der Waals surface area contributed by atoms with Crippen LogP contribution in [0.3, 0.4) is 0 Å². The molecule has 0 unspecified atom stereocenters. The topological polar surface area (TPSA) is 61.0 Å². The zero-order chi connectivity index (χ0) is 16.8. The normalized spacial score (nSPS) is 24.6. The lowest BCUT2D eigenvalue weighted by molar-refractivity contribution is -0.00343. The molecule has 2 N–H and O–H groups in total. The molecule has 0 aliphatic carbocycles. The number of halogens is 2. The molecule has 0 bridgehead atoms. The van der Waals surface area contributed by atoms with Gasteiger partial charge < -0.3 is 29.6 Å². The summed E-state index contributed by atoms with van der Waals surface area (Å²) < 4.78 is 50.0. The Labute approximate surface area is 139 Å². The van der Waals surface area contributed by atoms with Crippen molar-refractivity contribution in [1.82, 2.24) is 10.6 Å². The zero-order valence-corrected chi connectivity index (χ0v) is 13.4. The lowest BCUT2D eigenvalue weighted by Gasteiger charge is -2.25. The highest BCUT2D eigenvalue weighted by atomic mass is 19.1. The van der Waals surface area contributed by atoms with E-state index in [2.05, 4.69) is 10.6 Å². The number of ether oxygens (including phenoxy) is 4. The fourth-order valence-corrected chi connectivity index (χ4v) is 2.57. The second kappa shape index (κ2) is 8.57. The molecule has 0 amide bonds. The van der Waals surface area contributed by atoms with Gasteiger partial charge in [0.1, 0.15) is 25.4 Å². The molecule has 1 aromatic rings. The van der Waals surface area contributed by atoms with Crippen molar-refractivity contribution in [1.29, 1.82) is 0 Å². The predicted octanol–water partition coefficient (Wildman–Crippen LogP) is 0.699. The molecule has 6 nitrogen and oxygen atoms in total. The van der Waals surface area contributed by atoms with Crippen molar-refractivity contribution in [2.45, 2.75) is 12.2 Å². The quantitative estimate of drug-likeness (QED) is 0.792. The first-order chi connectivity index (χ1) is 11.7.